The van der Waals surface area contributed by atoms with Crippen LogP contribution in [0.4, 0.5) is 0 Å². The maximum absolute atomic E-state index is 11.7. The van der Waals surface area contributed by atoms with E-state index in [1.54, 1.807) is 6.08 Å². The summed E-state index contributed by atoms with van der Waals surface area (Å²) in [5.41, 5.74) is 2.01. The van der Waals surface area contributed by atoms with Gasteiger partial charge in [-0.25, -0.2) is 0 Å². The van der Waals surface area contributed by atoms with Gasteiger partial charge < -0.3 is 4.74 Å². The zero-order valence-corrected chi connectivity index (χ0v) is 11.0. The molecular formula is C15H18O3. The first-order valence-electron chi connectivity index (χ1n) is 5.78. The Bertz CT molecular complexity index is 445. The lowest BCUT2D eigenvalue weighted by atomic mass is 9.83. The van der Waals surface area contributed by atoms with Crippen LogP contribution in [0.2, 0.25) is 0 Å². The third kappa shape index (κ3) is 3.06. The van der Waals surface area contributed by atoms with Crippen LogP contribution in [-0.4, -0.2) is 18.9 Å². The molecule has 1 aromatic carbocycles. The van der Waals surface area contributed by atoms with Crippen molar-refractivity contribution in [1.29, 1.82) is 0 Å². The number of hydrogen-bond acceptors (Lipinski definition) is 3. The van der Waals surface area contributed by atoms with Crippen LogP contribution < -0.4 is 0 Å². The van der Waals surface area contributed by atoms with E-state index < -0.39 is 11.9 Å². The monoisotopic (exact) mass is 246 g/mol. The van der Waals surface area contributed by atoms with Gasteiger partial charge >= 0.3 is 5.97 Å². The quantitative estimate of drug-likeness (QED) is 0.455. The molecule has 0 aliphatic heterocycles. The number of carbonyl (C=O) groups is 2. The standard InChI is InChI=1S/C15H18O3/c1-5-13(12-8-6-10(2)7-9-12)14(11(3)16)15(17)18-4/h5-9,13-14H,1H2,2-4H3. The van der Waals surface area contributed by atoms with Crippen LogP contribution in [0.15, 0.2) is 36.9 Å². The molecule has 96 valence electrons. The number of esters is 1. The minimum Gasteiger partial charge on any atom is -0.468 e. The van der Waals surface area contributed by atoms with Crippen molar-refractivity contribution in [2.45, 2.75) is 19.8 Å². The molecule has 3 nitrogen and oxygen atoms in total. The van der Waals surface area contributed by atoms with E-state index in [0.29, 0.717) is 0 Å². The van der Waals surface area contributed by atoms with Crippen molar-refractivity contribution in [2.24, 2.45) is 5.92 Å². The largest absolute Gasteiger partial charge is 0.468 e. The van der Waals surface area contributed by atoms with Crippen LogP contribution in [0.3, 0.4) is 0 Å². The summed E-state index contributed by atoms with van der Waals surface area (Å²) in [5, 5.41) is 0. The lowest BCUT2D eigenvalue weighted by Crippen LogP contribution is -2.28. The van der Waals surface area contributed by atoms with E-state index in [1.807, 2.05) is 31.2 Å². The predicted octanol–water partition coefficient (Wildman–Crippen LogP) is 2.64. The van der Waals surface area contributed by atoms with E-state index in [1.165, 1.54) is 14.0 Å². The Labute approximate surface area is 107 Å². The molecule has 3 heteroatoms. The van der Waals surface area contributed by atoms with Crippen molar-refractivity contribution < 1.29 is 14.3 Å². The maximum atomic E-state index is 11.7. The van der Waals surface area contributed by atoms with Crippen molar-refractivity contribution in [3.05, 3.63) is 48.0 Å². The summed E-state index contributed by atoms with van der Waals surface area (Å²) in [5.74, 6) is -1.91. The summed E-state index contributed by atoms with van der Waals surface area (Å²) in [7, 11) is 1.29. The molecule has 0 fully saturated rings. The number of ketones is 1. The van der Waals surface area contributed by atoms with E-state index >= 15 is 0 Å². The molecular weight excluding hydrogens is 228 g/mol. The summed E-state index contributed by atoms with van der Waals surface area (Å²) < 4.78 is 4.69. The summed E-state index contributed by atoms with van der Waals surface area (Å²) in [6.07, 6.45) is 1.62. The third-order valence-electron chi connectivity index (χ3n) is 2.97. The summed E-state index contributed by atoms with van der Waals surface area (Å²) in [4.78, 5) is 23.3. The number of Topliss-reactive ketones (excluding diaryl/α,β-unsaturated/α-hetero) is 1. The van der Waals surface area contributed by atoms with Crippen molar-refractivity contribution in [2.75, 3.05) is 7.11 Å². The average Bonchev–Trinajstić information content (AvgIpc) is 2.35. The number of benzene rings is 1. The Kier molecular flexibility index (Phi) is 4.84. The van der Waals surface area contributed by atoms with Gasteiger partial charge in [-0.3, -0.25) is 9.59 Å². The molecule has 0 spiro atoms. The lowest BCUT2D eigenvalue weighted by Gasteiger charge is -2.20. The molecule has 0 saturated carbocycles. The highest BCUT2D eigenvalue weighted by Crippen LogP contribution is 2.28. The number of allylic oxidation sites excluding steroid dienone is 1. The molecule has 1 aromatic rings. The minimum atomic E-state index is -0.824. The zero-order valence-electron chi connectivity index (χ0n) is 11.0. The van der Waals surface area contributed by atoms with Gasteiger partial charge in [-0.15, -0.1) is 6.58 Å². The first kappa shape index (κ1) is 14.2. The Balaban J connectivity index is 3.13. The van der Waals surface area contributed by atoms with E-state index in [4.69, 9.17) is 4.74 Å². The van der Waals surface area contributed by atoms with Gasteiger partial charge in [0.25, 0.3) is 0 Å². The van der Waals surface area contributed by atoms with E-state index in [-0.39, 0.29) is 11.7 Å². The molecule has 18 heavy (non-hydrogen) atoms. The molecule has 2 unspecified atom stereocenters. The number of carbonyl (C=O) groups excluding carboxylic acids is 2. The maximum Gasteiger partial charge on any atom is 0.317 e. The van der Waals surface area contributed by atoms with Crippen LogP contribution in [0.25, 0.3) is 0 Å². The molecule has 0 radical (unpaired) electrons. The van der Waals surface area contributed by atoms with Crippen LogP contribution in [0.5, 0.6) is 0 Å². The van der Waals surface area contributed by atoms with E-state index in [9.17, 15) is 9.59 Å². The molecule has 0 aliphatic rings. The van der Waals surface area contributed by atoms with Crippen molar-refractivity contribution >= 4 is 11.8 Å². The number of aryl methyl sites for hydroxylation is 1. The van der Waals surface area contributed by atoms with Gasteiger partial charge in [0.2, 0.25) is 0 Å². The second kappa shape index (κ2) is 6.15. The topological polar surface area (TPSA) is 43.4 Å². The van der Waals surface area contributed by atoms with Gasteiger partial charge in [-0.1, -0.05) is 35.9 Å². The SMILES string of the molecule is C=CC(c1ccc(C)cc1)C(C(C)=O)C(=O)OC. The molecule has 2 atom stereocenters. The first-order chi connectivity index (χ1) is 8.51. The van der Waals surface area contributed by atoms with Gasteiger partial charge in [0, 0.05) is 5.92 Å². The molecule has 0 N–H and O–H groups in total. The predicted molar refractivity (Wildman–Crippen MR) is 70.3 cm³/mol. The number of methoxy groups -OCH3 is 1. The fourth-order valence-corrected chi connectivity index (χ4v) is 1.95. The van der Waals surface area contributed by atoms with Crippen molar-refractivity contribution in [3.8, 4) is 0 Å². The molecule has 0 aromatic heterocycles. The summed E-state index contributed by atoms with van der Waals surface area (Å²) >= 11 is 0. The van der Waals surface area contributed by atoms with Gasteiger partial charge in [-0.2, -0.15) is 0 Å². The Hall–Kier alpha value is -1.90. The van der Waals surface area contributed by atoms with Crippen LogP contribution in [0, 0.1) is 12.8 Å². The number of hydrogen-bond donors (Lipinski definition) is 0. The normalized spacial score (nSPS) is 13.5. The highest BCUT2D eigenvalue weighted by molar-refractivity contribution is 5.99. The molecule has 0 saturated heterocycles. The zero-order chi connectivity index (χ0) is 13.7. The third-order valence-corrected chi connectivity index (χ3v) is 2.97. The van der Waals surface area contributed by atoms with E-state index in [2.05, 4.69) is 6.58 Å². The first-order valence-corrected chi connectivity index (χ1v) is 5.78. The highest BCUT2D eigenvalue weighted by atomic mass is 16.5. The Morgan fingerprint density at radius 2 is 1.83 bits per heavy atom. The molecule has 1 rings (SSSR count). The van der Waals surface area contributed by atoms with Gasteiger partial charge in [-0.05, 0) is 19.4 Å². The fraction of sp³-hybridized carbons (Fsp3) is 0.333. The average molecular weight is 246 g/mol. The highest BCUT2D eigenvalue weighted by Gasteiger charge is 2.32. The smallest absolute Gasteiger partial charge is 0.317 e. The fourth-order valence-electron chi connectivity index (χ4n) is 1.95. The number of rotatable bonds is 5. The van der Waals surface area contributed by atoms with Gasteiger partial charge in [0.1, 0.15) is 11.7 Å². The summed E-state index contributed by atoms with van der Waals surface area (Å²) in [6, 6.07) is 7.70. The van der Waals surface area contributed by atoms with Crippen LogP contribution in [-0.2, 0) is 14.3 Å². The van der Waals surface area contributed by atoms with Crippen molar-refractivity contribution in [1.82, 2.24) is 0 Å². The molecule has 0 aliphatic carbocycles. The van der Waals surface area contributed by atoms with Crippen LogP contribution >= 0.6 is 0 Å². The van der Waals surface area contributed by atoms with Crippen molar-refractivity contribution in [3.63, 3.8) is 0 Å². The second-order valence-electron chi connectivity index (χ2n) is 4.28. The van der Waals surface area contributed by atoms with E-state index in [0.717, 1.165) is 11.1 Å². The van der Waals surface area contributed by atoms with Gasteiger partial charge in [0.05, 0.1) is 7.11 Å². The lowest BCUT2D eigenvalue weighted by molar-refractivity contribution is -0.149. The Morgan fingerprint density at radius 1 is 1.28 bits per heavy atom. The molecule has 0 amide bonds. The minimum absolute atomic E-state index is 0.215. The molecule has 0 heterocycles. The van der Waals surface area contributed by atoms with Crippen LogP contribution in [0.1, 0.15) is 24.0 Å². The Morgan fingerprint density at radius 3 is 2.22 bits per heavy atom. The molecule has 0 bridgehead atoms. The second-order valence-corrected chi connectivity index (χ2v) is 4.28. The van der Waals surface area contributed by atoms with Gasteiger partial charge in [0.15, 0.2) is 0 Å². The number of ether oxygens (including phenoxy) is 1. The summed E-state index contributed by atoms with van der Waals surface area (Å²) in [6.45, 7) is 7.10.